The number of amides is 1. The summed E-state index contributed by atoms with van der Waals surface area (Å²) in [6.45, 7) is 4.44. The van der Waals surface area contributed by atoms with E-state index in [1.54, 1.807) is 6.26 Å². The first-order valence-electron chi connectivity index (χ1n) is 6.24. The molecule has 0 saturated carbocycles. The van der Waals surface area contributed by atoms with Crippen molar-refractivity contribution in [3.05, 3.63) is 36.1 Å². The molecule has 18 heavy (non-hydrogen) atoms. The van der Waals surface area contributed by atoms with Gasteiger partial charge in [0.25, 0.3) is 5.91 Å². The van der Waals surface area contributed by atoms with Crippen molar-refractivity contribution in [3.63, 3.8) is 0 Å². The van der Waals surface area contributed by atoms with Crippen LogP contribution in [0.15, 0.2) is 34.9 Å². The number of carbonyl (C=O) groups excluding carboxylic acids is 1. The highest BCUT2D eigenvalue weighted by Gasteiger charge is 2.24. The topological polar surface area (TPSA) is 45.5 Å². The van der Waals surface area contributed by atoms with Gasteiger partial charge in [-0.1, -0.05) is 18.2 Å². The normalized spacial score (nSPS) is 20.3. The molecule has 1 unspecified atom stereocenters. The van der Waals surface area contributed by atoms with Crippen LogP contribution in [0.2, 0.25) is 0 Å². The van der Waals surface area contributed by atoms with Gasteiger partial charge in [-0.25, -0.2) is 0 Å². The molecule has 2 heterocycles. The lowest BCUT2D eigenvalue weighted by Gasteiger charge is -2.31. The average molecular weight is 244 g/mol. The Bertz CT molecular complexity index is 576. The summed E-state index contributed by atoms with van der Waals surface area (Å²) in [4.78, 5) is 14.3. The molecule has 1 atom stereocenters. The second-order valence-electron chi connectivity index (χ2n) is 4.75. The molecule has 0 bridgehead atoms. The lowest BCUT2D eigenvalue weighted by atomic mass is 10.1. The third kappa shape index (κ3) is 1.88. The number of piperazine rings is 1. The van der Waals surface area contributed by atoms with Gasteiger partial charge in [0.1, 0.15) is 11.8 Å². The van der Waals surface area contributed by atoms with Gasteiger partial charge in [-0.2, -0.15) is 0 Å². The van der Waals surface area contributed by atoms with Gasteiger partial charge in [0.05, 0.1) is 5.56 Å². The Hall–Kier alpha value is -1.81. The largest absolute Gasteiger partial charge is 0.463 e. The highest BCUT2D eigenvalue weighted by atomic mass is 16.3. The van der Waals surface area contributed by atoms with Crippen LogP contribution in [0, 0.1) is 0 Å². The fourth-order valence-corrected chi connectivity index (χ4v) is 2.43. The van der Waals surface area contributed by atoms with E-state index < -0.39 is 0 Å². The van der Waals surface area contributed by atoms with Crippen LogP contribution in [0.3, 0.4) is 0 Å². The molecule has 1 aliphatic rings. The minimum atomic E-state index is 0.0632. The van der Waals surface area contributed by atoms with E-state index in [1.165, 1.54) is 0 Å². The standard InChI is InChI=1S/C14H16N2O2/c1-10-8-16(7-6-15-10)14(17)12-9-18-13-5-3-2-4-11(12)13/h2-5,9-10,15H,6-8H2,1H3. The molecule has 0 spiro atoms. The second-order valence-corrected chi connectivity index (χ2v) is 4.75. The Morgan fingerprint density at radius 2 is 2.28 bits per heavy atom. The van der Waals surface area contributed by atoms with Crippen molar-refractivity contribution in [2.24, 2.45) is 0 Å². The van der Waals surface area contributed by atoms with Crippen LogP contribution in [0.1, 0.15) is 17.3 Å². The second kappa shape index (κ2) is 4.46. The van der Waals surface area contributed by atoms with Crippen molar-refractivity contribution in [2.45, 2.75) is 13.0 Å². The van der Waals surface area contributed by atoms with E-state index >= 15 is 0 Å². The first-order chi connectivity index (χ1) is 8.75. The minimum absolute atomic E-state index is 0.0632. The highest BCUT2D eigenvalue weighted by Crippen LogP contribution is 2.22. The van der Waals surface area contributed by atoms with E-state index in [9.17, 15) is 4.79 Å². The maximum atomic E-state index is 12.5. The maximum absolute atomic E-state index is 12.5. The SMILES string of the molecule is CC1CN(C(=O)c2coc3ccccc23)CCN1. The van der Waals surface area contributed by atoms with Crippen LogP contribution < -0.4 is 5.32 Å². The van der Waals surface area contributed by atoms with Crippen molar-refractivity contribution >= 4 is 16.9 Å². The molecular formula is C14H16N2O2. The van der Waals surface area contributed by atoms with Crippen molar-refractivity contribution < 1.29 is 9.21 Å². The van der Waals surface area contributed by atoms with Crippen LogP contribution in [-0.4, -0.2) is 36.5 Å². The van der Waals surface area contributed by atoms with Crippen LogP contribution >= 0.6 is 0 Å². The molecular weight excluding hydrogens is 228 g/mol. The summed E-state index contributed by atoms with van der Waals surface area (Å²) in [5.74, 6) is 0.0632. The van der Waals surface area contributed by atoms with Gasteiger partial charge in [-0.05, 0) is 13.0 Å². The molecule has 0 radical (unpaired) electrons. The summed E-state index contributed by atoms with van der Waals surface area (Å²) in [6, 6.07) is 7.99. The molecule has 0 aliphatic carbocycles. The first kappa shape index (κ1) is 11.3. The Morgan fingerprint density at radius 1 is 1.44 bits per heavy atom. The smallest absolute Gasteiger partial charge is 0.257 e. The fraction of sp³-hybridized carbons (Fsp3) is 0.357. The maximum Gasteiger partial charge on any atom is 0.257 e. The molecule has 2 aromatic rings. The number of hydrogen-bond acceptors (Lipinski definition) is 3. The lowest BCUT2D eigenvalue weighted by molar-refractivity contribution is 0.0710. The molecule has 4 nitrogen and oxygen atoms in total. The number of para-hydroxylation sites is 1. The molecule has 1 aromatic heterocycles. The van der Waals surface area contributed by atoms with Crippen molar-refractivity contribution in [1.29, 1.82) is 0 Å². The van der Waals surface area contributed by atoms with E-state index in [0.29, 0.717) is 11.6 Å². The van der Waals surface area contributed by atoms with Crippen LogP contribution in [0.25, 0.3) is 11.0 Å². The highest BCUT2D eigenvalue weighted by molar-refractivity contribution is 6.05. The first-order valence-corrected chi connectivity index (χ1v) is 6.24. The average Bonchev–Trinajstić information content (AvgIpc) is 2.82. The number of furan rings is 1. The van der Waals surface area contributed by atoms with Gasteiger partial charge in [0.15, 0.2) is 0 Å². The number of fused-ring (bicyclic) bond motifs is 1. The fourth-order valence-electron chi connectivity index (χ4n) is 2.43. The van der Waals surface area contributed by atoms with E-state index in [2.05, 4.69) is 12.2 Å². The predicted octanol–water partition coefficient (Wildman–Crippen LogP) is 1.87. The Morgan fingerprint density at radius 3 is 3.11 bits per heavy atom. The zero-order valence-corrected chi connectivity index (χ0v) is 10.3. The molecule has 4 heteroatoms. The third-order valence-electron chi connectivity index (χ3n) is 3.37. The zero-order valence-electron chi connectivity index (χ0n) is 10.3. The van der Waals surface area contributed by atoms with E-state index in [0.717, 1.165) is 30.6 Å². The summed E-state index contributed by atoms with van der Waals surface area (Å²) >= 11 is 0. The zero-order chi connectivity index (χ0) is 12.5. The summed E-state index contributed by atoms with van der Waals surface area (Å²) < 4.78 is 5.42. The number of carbonyl (C=O) groups is 1. The summed E-state index contributed by atoms with van der Waals surface area (Å²) in [7, 11) is 0. The van der Waals surface area contributed by atoms with E-state index in [4.69, 9.17) is 4.42 Å². The summed E-state index contributed by atoms with van der Waals surface area (Å²) in [5.41, 5.74) is 1.43. The Kier molecular flexibility index (Phi) is 2.80. The van der Waals surface area contributed by atoms with E-state index in [1.807, 2.05) is 29.2 Å². The monoisotopic (exact) mass is 244 g/mol. The predicted molar refractivity (Wildman–Crippen MR) is 69.6 cm³/mol. The molecule has 1 N–H and O–H groups in total. The molecule has 1 aromatic carbocycles. The van der Waals surface area contributed by atoms with Crippen LogP contribution in [0.4, 0.5) is 0 Å². The molecule has 1 saturated heterocycles. The summed E-state index contributed by atoms with van der Waals surface area (Å²) in [6.07, 6.45) is 1.57. The Labute approximate surface area is 106 Å². The van der Waals surface area contributed by atoms with Crippen molar-refractivity contribution in [3.8, 4) is 0 Å². The van der Waals surface area contributed by atoms with Gasteiger partial charge in [-0.3, -0.25) is 4.79 Å². The molecule has 1 fully saturated rings. The number of rotatable bonds is 1. The Balaban J connectivity index is 1.92. The quantitative estimate of drug-likeness (QED) is 0.833. The van der Waals surface area contributed by atoms with Gasteiger partial charge >= 0.3 is 0 Å². The van der Waals surface area contributed by atoms with Crippen LogP contribution in [0.5, 0.6) is 0 Å². The number of hydrogen-bond donors (Lipinski definition) is 1. The van der Waals surface area contributed by atoms with Gasteiger partial charge < -0.3 is 14.6 Å². The summed E-state index contributed by atoms with van der Waals surface area (Å²) in [5, 5.41) is 4.23. The molecule has 3 rings (SSSR count). The molecule has 94 valence electrons. The van der Waals surface area contributed by atoms with Gasteiger partial charge in [0.2, 0.25) is 0 Å². The molecule has 1 aliphatic heterocycles. The molecule has 1 amide bonds. The van der Waals surface area contributed by atoms with Gasteiger partial charge in [0, 0.05) is 31.1 Å². The van der Waals surface area contributed by atoms with Crippen molar-refractivity contribution in [1.82, 2.24) is 10.2 Å². The van der Waals surface area contributed by atoms with E-state index in [-0.39, 0.29) is 5.91 Å². The minimum Gasteiger partial charge on any atom is -0.463 e. The number of nitrogens with zero attached hydrogens (tertiary/aromatic N) is 1. The lowest BCUT2D eigenvalue weighted by Crippen LogP contribution is -2.51. The van der Waals surface area contributed by atoms with Crippen LogP contribution in [-0.2, 0) is 0 Å². The van der Waals surface area contributed by atoms with Crippen molar-refractivity contribution in [2.75, 3.05) is 19.6 Å². The number of benzene rings is 1. The number of nitrogens with one attached hydrogen (secondary N) is 1. The third-order valence-corrected chi connectivity index (χ3v) is 3.37. The van der Waals surface area contributed by atoms with Gasteiger partial charge in [-0.15, -0.1) is 0 Å².